The van der Waals surface area contributed by atoms with Crippen LogP contribution in [0.1, 0.15) is 45.6 Å². The Morgan fingerprint density at radius 2 is 1.83 bits per heavy atom. The Balaban J connectivity index is 1.96. The summed E-state index contributed by atoms with van der Waals surface area (Å²) in [6.45, 7) is 3.53. The first-order chi connectivity index (χ1) is 11.1. The summed E-state index contributed by atoms with van der Waals surface area (Å²) in [6, 6.07) is 10.3. The lowest BCUT2D eigenvalue weighted by molar-refractivity contribution is 0.0659. The van der Waals surface area contributed by atoms with Gasteiger partial charge in [0.25, 0.3) is 5.91 Å². The Bertz CT molecular complexity index is 677. The van der Waals surface area contributed by atoms with Gasteiger partial charge in [-0.15, -0.1) is 0 Å². The van der Waals surface area contributed by atoms with Gasteiger partial charge < -0.3 is 19.6 Å². The number of aromatic carboxylic acids is 1. The molecule has 0 bridgehead atoms. The minimum Gasteiger partial charge on any atom is -0.475 e. The van der Waals surface area contributed by atoms with Crippen molar-refractivity contribution >= 4 is 11.9 Å². The lowest BCUT2D eigenvalue weighted by Gasteiger charge is -2.10. The van der Waals surface area contributed by atoms with Crippen molar-refractivity contribution in [3.05, 3.63) is 59.0 Å². The number of amides is 1. The van der Waals surface area contributed by atoms with E-state index in [-0.39, 0.29) is 11.5 Å². The molecule has 0 atom stereocenters. The van der Waals surface area contributed by atoms with Crippen LogP contribution in [0.15, 0.2) is 40.8 Å². The van der Waals surface area contributed by atoms with E-state index in [0.717, 1.165) is 17.5 Å². The fourth-order valence-corrected chi connectivity index (χ4v) is 2.03. The molecule has 6 heteroatoms. The van der Waals surface area contributed by atoms with Crippen LogP contribution in [-0.4, -0.2) is 23.6 Å². The summed E-state index contributed by atoms with van der Waals surface area (Å²) in [4.78, 5) is 22.7. The Morgan fingerprint density at radius 1 is 1.13 bits per heavy atom. The van der Waals surface area contributed by atoms with Crippen molar-refractivity contribution in [3.63, 3.8) is 0 Å². The van der Waals surface area contributed by atoms with Gasteiger partial charge in [-0.05, 0) is 29.7 Å². The average molecular weight is 317 g/mol. The lowest BCUT2D eigenvalue weighted by Crippen LogP contribution is -2.23. The molecule has 23 heavy (non-hydrogen) atoms. The van der Waals surface area contributed by atoms with E-state index in [0.29, 0.717) is 19.8 Å². The van der Waals surface area contributed by atoms with Crippen LogP contribution in [0, 0.1) is 0 Å². The third-order valence-electron chi connectivity index (χ3n) is 3.20. The summed E-state index contributed by atoms with van der Waals surface area (Å²) in [5.74, 6) is -1.95. The molecule has 2 aromatic rings. The van der Waals surface area contributed by atoms with Crippen LogP contribution in [0.2, 0.25) is 0 Å². The van der Waals surface area contributed by atoms with Crippen LogP contribution in [0.4, 0.5) is 0 Å². The molecule has 1 aromatic carbocycles. The highest BCUT2D eigenvalue weighted by atomic mass is 16.5. The van der Waals surface area contributed by atoms with E-state index in [9.17, 15) is 9.59 Å². The zero-order chi connectivity index (χ0) is 16.7. The van der Waals surface area contributed by atoms with E-state index in [1.165, 1.54) is 12.1 Å². The first-order valence-electron chi connectivity index (χ1n) is 7.37. The number of carboxylic acid groups (broad SMARTS) is 1. The van der Waals surface area contributed by atoms with Crippen molar-refractivity contribution in [3.8, 4) is 0 Å². The highest BCUT2D eigenvalue weighted by molar-refractivity contribution is 5.93. The van der Waals surface area contributed by atoms with Crippen molar-refractivity contribution in [2.75, 3.05) is 6.61 Å². The fourth-order valence-electron chi connectivity index (χ4n) is 2.03. The van der Waals surface area contributed by atoms with Gasteiger partial charge in [0.15, 0.2) is 5.76 Å². The lowest BCUT2D eigenvalue weighted by atomic mass is 10.1. The molecule has 0 radical (unpaired) electrons. The van der Waals surface area contributed by atoms with Crippen LogP contribution >= 0.6 is 0 Å². The Hall–Kier alpha value is -2.60. The van der Waals surface area contributed by atoms with Crippen LogP contribution in [0.5, 0.6) is 0 Å². The molecule has 1 heterocycles. The molecule has 6 nitrogen and oxygen atoms in total. The Labute approximate surface area is 134 Å². The molecule has 0 saturated carbocycles. The number of ether oxygens (including phenoxy) is 1. The van der Waals surface area contributed by atoms with Gasteiger partial charge in [0.1, 0.15) is 0 Å². The van der Waals surface area contributed by atoms with Gasteiger partial charge in [-0.25, -0.2) is 4.79 Å². The minimum absolute atomic E-state index is 0.0258. The van der Waals surface area contributed by atoms with Gasteiger partial charge in [0.2, 0.25) is 5.76 Å². The van der Waals surface area contributed by atoms with Crippen molar-refractivity contribution < 1.29 is 23.8 Å². The number of furan rings is 1. The summed E-state index contributed by atoms with van der Waals surface area (Å²) in [5, 5.41) is 11.5. The third-order valence-corrected chi connectivity index (χ3v) is 3.20. The number of hydrogen-bond acceptors (Lipinski definition) is 4. The molecule has 0 saturated heterocycles. The zero-order valence-corrected chi connectivity index (χ0v) is 12.9. The molecule has 0 aliphatic carbocycles. The predicted octanol–water partition coefficient (Wildman–Crippen LogP) is 2.83. The van der Waals surface area contributed by atoms with Crippen molar-refractivity contribution in [1.29, 1.82) is 0 Å². The van der Waals surface area contributed by atoms with Gasteiger partial charge >= 0.3 is 5.97 Å². The third kappa shape index (κ3) is 4.69. The van der Waals surface area contributed by atoms with E-state index >= 15 is 0 Å². The largest absolute Gasteiger partial charge is 0.475 e. The molecule has 1 amide bonds. The number of rotatable bonds is 8. The topological polar surface area (TPSA) is 88.8 Å². The number of hydrogen-bond donors (Lipinski definition) is 2. The number of carboxylic acids is 1. The smallest absolute Gasteiger partial charge is 0.371 e. The number of carbonyl (C=O) groups excluding carboxylic acids is 1. The minimum atomic E-state index is -1.21. The fraction of sp³-hybridized carbons (Fsp3) is 0.294. The van der Waals surface area contributed by atoms with Gasteiger partial charge in [-0.2, -0.15) is 0 Å². The second-order valence-electron chi connectivity index (χ2n) is 4.97. The number of benzene rings is 1. The van der Waals surface area contributed by atoms with E-state index in [1.54, 1.807) is 0 Å². The van der Waals surface area contributed by atoms with Crippen LogP contribution in [0.3, 0.4) is 0 Å². The Kier molecular flexibility index (Phi) is 5.94. The van der Waals surface area contributed by atoms with Crippen molar-refractivity contribution in [2.45, 2.75) is 26.5 Å². The highest BCUT2D eigenvalue weighted by Crippen LogP contribution is 2.12. The van der Waals surface area contributed by atoms with Gasteiger partial charge in [0.05, 0.1) is 6.61 Å². The molecule has 0 unspecified atom stereocenters. The maximum absolute atomic E-state index is 12.0. The summed E-state index contributed by atoms with van der Waals surface area (Å²) in [6.07, 6.45) is 0.948. The summed E-state index contributed by atoms with van der Waals surface area (Å²) >= 11 is 0. The van der Waals surface area contributed by atoms with Gasteiger partial charge in [-0.1, -0.05) is 31.2 Å². The standard InChI is InChI=1S/C17H19NO5/c1-2-9-22-11-13-6-4-3-5-12(13)10-18-16(19)14-7-8-15(23-14)17(20)21/h3-8H,2,9-11H2,1H3,(H,18,19)(H,20,21). The molecule has 0 spiro atoms. The molecule has 2 rings (SSSR count). The van der Waals surface area contributed by atoms with Gasteiger partial charge in [0, 0.05) is 13.2 Å². The Morgan fingerprint density at radius 3 is 2.48 bits per heavy atom. The quantitative estimate of drug-likeness (QED) is 0.731. The molecule has 122 valence electrons. The van der Waals surface area contributed by atoms with E-state index in [1.807, 2.05) is 31.2 Å². The van der Waals surface area contributed by atoms with Crippen molar-refractivity contribution in [2.24, 2.45) is 0 Å². The maximum Gasteiger partial charge on any atom is 0.371 e. The molecule has 0 aliphatic heterocycles. The van der Waals surface area contributed by atoms with Crippen molar-refractivity contribution in [1.82, 2.24) is 5.32 Å². The number of nitrogens with one attached hydrogen (secondary N) is 1. The van der Waals surface area contributed by atoms with Crippen LogP contribution < -0.4 is 5.32 Å². The zero-order valence-electron chi connectivity index (χ0n) is 12.9. The highest BCUT2D eigenvalue weighted by Gasteiger charge is 2.15. The molecule has 1 aromatic heterocycles. The average Bonchev–Trinajstić information content (AvgIpc) is 3.04. The van der Waals surface area contributed by atoms with E-state index < -0.39 is 11.9 Å². The normalized spacial score (nSPS) is 10.5. The monoisotopic (exact) mass is 317 g/mol. The van der Waals surface area contributed by atoms with Crippen LogP contribution in [0.25, 0.3) is 0 Å². The van der Waals surface area contributed by atoms with E-state index in [2.05, 4.69) is 5.32 Å². The molecule has 0 fully saturated rings. The van der Waals surface area contributed by atoms with Crippen LogP contribution in [-0.2, 0) is 17.9 Å². The second-order valence-corrected chi connectivity index (χ2v) is 4.97. The first-order valence-corrected chi connectivity index (χ1v) is 7.37. The maximum atomic E-state index is 12.0. The molecule has 2 N–H and O–H groups in total. The summed E-state index contributed by atoms with van der Waals surface area (Å²) in [7, 11) is 0. The summed E-state index contributed by atoms with van der Waals surface area (Å²) < 4.78 is 10.5. The second kappa shape index (κ2) is 8.14. The SMILES string of the molecule is CCCOCc1ccccc1CNC(=O)c1ccc(C(=O)O)o1. The van der Waals surface area contributed by atoms with E-state index in [4.69, 9.17) is 14.3 Å². The molecular weight excluding hydrogens is 298 g/mol. The molecular formula is C17H19NO5. The van der Waals surface area contributed by atoms with Gasteiger partial charge in [-0.3, -0.25) is 4.79 Å². The first kappa shape index (κ1) is 16.8. The predicted molar refractivity (Wildman–Crippen MR) is 83.2 cm³/mol. The molecule has 0 aliphatic rings. The number of carbonyl (C=O) groups is 2. The summed E-state index contributed by atoms with van der Waals surface area (Å²) in [5.41, 5.74) is 1.95.